The van der Waals surface area contributed by atoms with Crippen LogP contribution in [0, 0.1) is 6.92 Å². The molecule has 2 aliphatic heterocycles. The Morgan fingerprint density at radius 2 is 1.96 bits per heavy atom. The van der Waals surface area contributed by atoms with Crippen LogP contribution in [0.1, 0.15) is 39.9 Å². The van der Waals surface area contributed by atoms with E-state index >= 15 is 0 Å². The molecule has 0 radical (unpaired) electrons. The van der Waals surface area contributed by atoms with Gasteiger partial charge in [-0.2, -0.15) is 0 Å². The fourth-order valence-electron chi connectivity index (χ4n) is 3.66. The average molecular weight is 380 g/mol. The number of carbonyl (C=O) groups is 3. The van der Waals surface area contributed by atoms with Crippen molar-refractivity contribution in [2.45, 2.75) is 43.0 Å². The van der Waals surface area contributed by atoms with Gasteiger partial charge >= 0.3 is 0 Å². The van der Waals surface area contributed by atoms with Gasteiger partial charge in [0.2, 0.25) is 11.8 Å². The second-order valence-corrected chi connectivity index (χ2v) is 7.98. The van der Waals surface area contributed by atoms with Crippen LogP contribution in [0.15, 0.2) is 47.4 Å². The third kappa shape index (κ3) is 3.49. The topological polar surface area (TPSA) is 66.5 Å². The van der Waals surface area contributed by atoms with Crippen LogP contribution in [-0.4, -0.2) is 28.7 Å². The van der Waals surface area contributed by atoms with Gasteiger partial charge in [0.15, 0.2) is 0 Å². The van der Waals surface area contributed by atoms with Crippen molar-refractivity contribution in [2.24, 2.45) is 0 Å². The molecule has 2 aromatic carbocycles. The number of nitrogens with one attached hydrogen (secondary N) is 1. The summed E-state index contributed by atoms with van der Waals surface area (Å²) < 4.78 is 0. The Kier molecular flexibility index (Phi) is 4.74. The highest BCUT2D eigenvalue weighted by molar-refractivity contribution is 7.98. The summed E-state index contributed by atoms with van der Waals surface area (Å²) in [6.45, 7) is 2.49. The second kappa shape index (κ2) is 7.19. The maximum absolute atomic E-state index is 12.8. The average Bonchev–Trinajstić information content (AvgIpc) is 2.97. The highest BCUT2D eigenvalue weighted by Crippen LogP contribution is 2.35. The molecule has 138 valence electrons. The quantitative estimate of drug-likeness (QED) is 0.654. The van der Waals surface area contributed by atoms with Gasteiger partial charge in [-0.1, -0.05) is 35.9 Å². The molecule has 3 amide bonds. The molecule has 0 spiro atoms. The summed E-state index contributed by atoms with van der Waals surface area (Å²) >= 11 is 1.71. The predicted octanol–water partition coefficient (Wildman–Crippen LogP) is 3.05. The molecule has 4 rings (SSSR count). The number of imide groups is 1. The van der Waals surface area contributed by atoms with Gasteiger partial charge < -0.3 is 4.90 Å². The van der Waals surface area contributed by atoms with Gasteiger partial charge in [0.25, 0.3) is 5.91 Å². The first-order valence-electron chi connectivity index (χ1n) is 8.98. The molecule has 1 unspecified atom stereocenters. The molecular weight excluding hydrogens is 360 g/mol. The molecule has 1 saturated heterocycles. The van der Waals surface area contributed by atoms with Crippen molar-refractivity contribution < 1.29 is 14.4 Å². The Hall–Kier alpha value is -2.60. The van der Waals surface area contributed by atoms with Crippen molar-refractivity contribution in [3.63, 3.8) is 0 Å². The highest BCUT2D eigenvalue weighted by atomic mass is 32.2. The fourth-order valence-corrected chi connectivity index (χ4v) is 4.68. The van der Waals surface area contributed by atoms with Crippen LogP contribution in [-0.2, 0) is 21.9 Å². The van der Waals surface area contributed by atoms with Crippen molar-refractivity contribution in [2.75, 3.05) is 0 Å². The van der Waals surface area contributed by atoms with E-state index in [0.29, 0.717) is 18.5 Å². The Balaban J connectivity index is 1.54. The fraction of sp³-hybridized carbons (Fsp3) is 0.286. The Morgan fingerprint density at radius 3 is 2.74 bits per heavy atom. The molecule has 0 bridgehead atoms. The van der Waals surface area contributed by atoms with Crippen molar-refractivity contribution in [3.8, 4) is 0 Å². The molecule has 2 heterocycles. The molecular formula is C21H20N2O3S. The summed E-state index contributed by atoms with van der Waals surface area (Å²) in [6, 6.07) is 13.6. The lowest BCUT2D eigenvalue weighted by Gasteiger charge is -2.29. The number of piperidine rings is 1. The number of amides is 3. The lowest BCUT2D eigenvalue weighted by Crippen LogP contribution is -2.52. The van der Waals surface area contributed by atoms with Crippen LogP contribution >= 0.6 is 11.8 Å². The molecule has 27 heavy (non-hydrogen) atoms. The second-order valence-electron chi connectivity index (χ2n) is 6.96. The SMILES string of the molecule is Cc1cccc(CSc2cccc3c2CN(C2CCC(=O)NC2=O)C3=O)c1. The number of fused-ring (bicyclic) bond motifs is 1. The number of benzene rings is 2. The van der Waals surface area contributed by atoms with Crippen LogP contribution in [0.4, 0.5) is 0 Å². The van der Waals surface area contributed by atoms with Crippen LogP contribution < -0.4 is 5.32 Å². The summed E-state index contributed by atoms with van der Waals surface area (Å²) in [5, 5.41) is 2.34. The number of aryl methyl sites for hydroxylation is 1. The third-order valence-corrected chi connectivity index (χ3v) is 6.19. The maximum atomic E-state index is 12.8. The largest absolute Gasteiger partial charge is 0.322 e. The minimum Gasteiger partial charge on any atom is -0.322 e. The van der Waals surface area contributed by atoms with E-state index < -0.39 is 6.04 Å². The molecule has 6 heteroatoms. The molecule has 5 nitrogen and oxygen atoms in total. The molecule has 1 fully saturated rings. The lowest BCUT2D eigenvalue weighted by molar-refractivity contribution is -0.136. The smallest absolute Gasteiger partial charge is 0.255 e. The van der Waals surface area contributed by atoms with Gasteiger partial charge in [0.05, 0.1) is 0 Å². The molecule has 2 aliphatic rings. The summed E-state index contributed by atoms with van der Waals surface area (Å²) in [4.78, 5) is 39.1. The third-order valence-electron chi connectivity index (χ3n) is 5.02. The summed E-state index contributed by atoms with van der Waals surface area (Å²) in [5.74, 6) is 0.0544. The van der Waals surface area contributed by atoms with Gasteiger partial charge in [0, 0.05) is 29.2 Å². The molecule has 1 N–H and O–H groups in total. The molecule has 0 saturated carbocycles. The molecule has 2 aromatic rings. The van der Waals surface area contributed by atoms with Crippen molar-refractivity contribution in [1.29, 1.82) is 0 Å². The molecule has 0 aliphatic carbocycles. The monoisotopic (exact) mass is 380 g/mol. The zero-order chi connectivity index (χ0) is 19.0. The van der Waals surface area contributed by atoms with Crippen molar-refractivity contribution >= 4 is 29.5 Å². The summed E-state index contributed by atoms with van der Waals surface area (Å²) in [7, 11) is 0. The number of hydrogen-bond acceptors (Lipinski definition) is 4. The van der Waals surface area contributed by atoms with Crippen LogP contribution in [0.25, 0.3) is 0 Å². The lowest BCUT2D eigenvalue weighted by atomic mass is 10.0. The number of carbonyl (C=O) groups excluding carboxylic acids is 3. The van der Waals surface area contributed by atoms with E-state index in [9.17, 15) is 14.4 Å². The van der Waals surface area contributed by atoms with Gasteiger partial charge in [-0.05, 0) is 36.6 Å². The zero-order valence-electron chi connectivity index (χ0n) is 15.0. The van der Waals surface area contributed by atoms with Gasteiger partial charge in [0.1, 0.15) is 6.04 Å². The van der Waals surface area contributed by atoms with Crippen molar-refractivity contribution in [1.82, 2.24) is 10.2 Å². The van der Waals surface area contributed by atoms with E-state index in [1.54, 1.807) is 16.7 Å². The number of hydrogen-bond donors (Lipinski definition) is 1. The van der Waals surface area contributed by atoms with E-state index in [1.165, 1.54) is 11.1 Å². The first-order valence-corrected chi connectivity index (χ1v) is 9.96. The van der Waals surface area contributed by atoms with E-state index in [0.717, 1.165) is 16.2 Å². The zero-order valence-corrected chi connectivity index (χ0v) is 15.8. The van der Waals surface area contributed by atoms with E-state index in [-0.39, 0.29) is 24.1 Å². The highest BCUT2D eigenvalue weighted by Gasteiger charge is 2.39. The Labute approximate surface area is 162 Å². The number of thioether (sulfide) groups is 1. The Morgan fingerprint density at radius 1 is 1.15 bits per heavy atom. The minimum absolute atomic E-state index is 0.127. The maximum Gasteiger partial charge on any atom is 0.255 e. The van der Waals surface area contributed by atoms with E-state index in [4.69, 9.17) is 0 Å². The first kappa shape index (κ1) is 17.8. The number of nitrogens with zero attached hydrogens (tertiary/aromatic N) is 1. The standard InChI is InChI=1S/C21H20N2O3S/c1-13-4-2-5-14(10-13)12-27-18-7-3-6-15-16(18)11-23(21(15)26)17-8-9-19(24)22-20(17)25/h2-7,10,17H,8-9,11-12H2,1H3,(H,22,24,25). The van der Waals surface area contributed by atoms with Crippen molar-refractivity contribution in [3.05, 3.63) is 64.7 Å². The molecule has 0 aromatic heterocycles. The van der Waals surface area contributed by atoms with Crippen LogP contribution in [0.5, 0.6) is 0 Å². The van der Waals surface area contributed by atoms with Crippen LogP contribution in [0.2, 0.25) is 0 Å². The number of rotatable bonds is 4. The minimum atomic E-state index is -0.572. The van der Waals surface area contributed by atoms with Gasteiger partial charge in [-0.15, -0.1) is 11.8 Å². The first-order chi connectivity index (χ1) is 13.0. The van der Waals surface area contributed by atoms with Gasteiger partial charge in [-0.3, -0.25) is 19.7 Å². The summed E-state index contributed by atoms with van der Waals surface area (Å²) in [6.07, 6.45) is 0.654. The normalized spacial score (nSPS) is 19.2. The predicted molar refractivity (Wildman–Crippen MR) is 103 cm³/mol. The van der Waals surface area contributed by atoms with E-state index in [1.807, 2.05) is 18.2 Å². The summed E-state index contributed by atoms with van der Waals surface area (Å²) in [5.41, 5.74) is 4.10. The van der Waals surface area contributed by atoms with Crippen LogP contribution in [0.3, 0.4) is 0 Å². The van der Waals surface area contributed by atoms with E-state index in [2.05, 4.69) is 36.5 Å². The van der Waals surface area contributed by atoms with Gasteiger partial charge in [-0.25, -0.2) is 0 Å². The Bertz CT molecular complexity index is 941. The molecule has 1 atom stereocenters.